The van der Waals surface area contributed by atoms with Crippen LogP contribution in [-0.4, -0.2) is 36.8 Å². The largest absolute Gasteiger partial charge is 0.296 e. The van der Waals surface area contributed by atoms with E-state index < -0.39 is 10.0 Å². The minimum atomic E-state index is -3.30. The standard InChI is InChI=1S/C21H22N4O3S2/c1-14(2)15-7-9-16(10-8-15)20-23-24-21(29-20)22-19(26)17-5-3-6-18(13-17)25-11-4-12-30(25,27)28/h3,5-10,13-14H,4,11-12H2,1-2H3,(H,22,24,26). The summed E-state index contributed by atoms with van der Waals surface area (Å²) in [6.45, 7) is 4.71. The van der Waals surface area contributed by atoms with Gasteiger partial charge in [-0.1, -0.05) is 55.5 Å². The third kappa shape index (κ3) is 4.22. The zero-order valence-electron chi connectivity index (χ0n) is 16.7. The highest BCUT2D eigenvalue weighted by Gasteiger charge is 2.28. The van der Waals surface area contributed by atoms with Crippen LogP contribution < -0.4 is 9.62 Å². The van der Waals surface area contributed by atoms with Crippen molar-refractivity contribution >= 4 is 38.1 Å². The van der Waals surface area contributed by atoms with Gasteiger partial charge in [-0.05, 0) is 36.1 Å². The zero-order valence-corrected chi connectivity index (χ0v) is 18.3. The van der Waals surface area contributed by atoms with Crippen molar-refractivity contribution in [3.8, 4) is 10.6 Å². The first-order chi connectivity index (χ1) is 14.3. The molecule has 30 heavy (non-hydrogen) atoms. The van der Waals surface area contributed by atoms with Crippen LogP contribution in [-0.2, 0) is 10.0 Å². The molecule has 0 radical (unpaired) electrons. The van der Waals surface area contributed by atoms with E-state index in [1.54, 1.807) is 24.3 Å². The number of hydrogen-bond donors (Lipinski definition) is 1. The smallest absolute Gasteiger partial charge is 0.257 e. The van der Waals surface area contributed by atoms with E-state index in [2.05, 4.69) is 41.5 Å². The van der Waals surface area contributed by atoms with Crippen LogP contribution in [0.1, 0.15) is 42.1 Å². The van der Waals surface area contributed by atoms with Crippen LogP contribution in [0.4, 0.5) is 10.8 Å². The lowest BCUT2D eigenvalue weighted by atomic mass is 10.0. The van der Waals surface area contributed by atoms with Gasteiger partial charge in [-0.2, -0.15) is 0 Å². The van der Waals surface area contributed by atoms with E-state index in [-0.39, 0.29) is 11.7 Å². The number of nitrogens with one attached hydrogen (secondary N) is 1. The zero-order chi connectivity index (χ0) is 21.3. The molecule has 2 heterocycles. The van der Waals surface area contributed by atoms with Gasteiger partial charge in [0, 0.05) is 17.7 Å². The number of carbonyl (C=O) groups excluding carboxylic acids is 1. The highest BCUT2D eigenvalue weighted by atomic mass is 32.2. The average molecular weight is 443 g/mol. The summed E-state index contributed by atoms with van der Waals surface area (Å²) < 4.78 is 25.6. The number of hydrogen-bond acceptors (Lipinski definition) is 6. The van der Waals surface area contributed by atoms with E-state index in [9.17, 15) is 13.2 Å². The Morgan fingerprint density at radius 1 is 1.13 bits per heavy atom. The second kappa shape index (κ2) is 8.16. The number of aromatic nitrogens is 2. The van der Waals surface area contributed by atoms with Crippen molar-refractivity contribution in [3.05, 3.63) is 59.7 Å². The van der Waals surface area contributed by atoms with Gasteiger partial charge in [0.15, 0.2) is 0 Å². The molecule has 1 aliphatic rings. The topological polar surface area (TPSA) is 92.3 Å². The molecule has 1 fully saturated rings. The fourth-order valence-corrected chi connectivity index (χ4v) is 5.60. The SMILES string of the molecule is CC(C)c1ccc(-c2nnc(NC(=O)c3cccc(N4CCCS4(=O)=O)c3)s2)cc1. The van der Waals surface area contributed by atoms with Crippen LogP contribution in [0.3, 0.4) is 0 Å². The molecule has 9 heteroatoms. The molecule has 1 amide bonds. The number of benzene rings is 2. The molecule has 0 saturated carbocycles. The van der Waals surface area contributed by atoms with E-state index in [0.29, 0.717) is 35.3 Å². The Labute approximate surface area is 179 Å². The lowest BCUT2D eigenvalue weighted by Crippen LogP contribution is -2.25. The number of anilines is 2. The highest BCUT2D eigenvalue weighted by Crippen LogP contribution is 2.29. The predicted molar refractivity (Wildman–Crippen MR) is 120 cm³/mol. The van der Waals surface area contributed by atoms with Crippen molar-refractivity contribution in [3.63, 3.8) is 0 Å². The Hall–Kier alpha value is -2.78. The Bertz CT molecular complexity index is 1170. The van der Waals surface area contributed by atoms with Crippen LogP contribution in [0.25, 0.3) is 10.6 Å². The molecule has 0 spiro atoms. The number of carbonyl (C=O) groups is 1. The van der Waals surface area contributed by atoms with Gasteiger partial charge in [-0.15, -0.1) is 10.2 Å². The van der Waals surface area contributed by atoms with Crippen molar-refractivity contribution < 1.29 is 13.2 Å². The normalized spacial score (nSPS) is 15.5. The van der Waals surface area contributed by atoms with Crippen molar-refractivity contribution in [1.29, 1.82) is 0 Å². The number of nitrogens with zero attached hydrogens (tertiary/aromatic N) is 3. The molecular formula is C21H22N4O3S2. The van der Waals surface area contributed by atoms with E-state index >= 15 is 0 Å². The maximum atomic E-state index is 12.7. The third-order valence-corrected chi connectivity index (χ3v) is 7.72. The summed E-state index contributed by atoms with van der Waals surface area (Å²) >= 11 is 1.29. The lowest BCUT2D eigenvalue weighted by molar-refractivity contribution is 0.102. The Kier molecular flexibility index (Phi) is 5.57. The Morgan fingerprint density at radius 3 is 2.57 bits per heavy atom. The van der Waals surface area contributed by atoms with Gasteiger partial charge in [0.25, 0.3) is 5.91 Å². The molecule has 4 rings (SSSR count). The van der Waals surface area contributed by atoms with Crippen LogP contribution >= 0.6 is 11.3 Å². The fourth-order valence-electron chi connectivity index (χ4n) is 3.30. The first kappa shape index (κ1) is 20.5. The van der Waals surface area contributed by atoms with Crippen molar-refractivity contribution in [1.82, 2.24) is 10.2 Å². The quantitative estimate of drug-likeness (QED) is 0.642. The summed E-state index contributed by atoms with van der Waals surface area (Å²) in [5.74, 6) is 0.232. The van der Waals surface area contributed by atoms with Gasteiger partial charge in [-0.3, -0.25) is 14.4 Å². The summed E-state index contributed by atoms with van der Waals surface area (Å²) in [5, 5.41) is 12.1. The van der Waals surface area contributed by atoms with E-state index in [4.69, 9.17) is 0 Å². The molecule has 156 valence electrons. The summed E-state index contributed by atoms with van der Waals surface area (Å²) in [6.07, 6.45) is 0.588. The summed E-state index contributed by atoms with van der Waals surface area (Å²) in [4.78, 5) is 12.7. The van der Waals surface area contributed by atoms with Crippen LogP contribution in [0.15, 0.2) is 48.5 Å². The summed E-state index contributed by atoms with van der Waals surface area (Å²) in [7, 11) is -3.30. The molecule has 1 aliphatic heterocycles. The molecule has 1 aromatic heterocycles. The maximum absolute atomic E-state index is 12.7. The first-order valence-corrected chi connectivity index (χ1v) is 12.1. The van der Waals surface area contributed by atoms with Crippen LogP contribution in [0, 0.1) is 0 Å². The molecule has 2 aromatic carbocycles. The van der Waals surface area contributed by atoms with Crippen molar-refractivity contribution in [2.75, 3.05) is 21.9 Å². The molecule has 0 aliphatic carbocycles. The Morgan fingerprint density at radius 2 is 1.90 bits per heavy atom. The molecule has 1 N–H and O–H groups in total. The monoisotopic (exact) mass is 442 g/mol. The molecular weight excluding hydrogens is 420 g/mol. The van der Waals surface area contributed by atoms with Crippen molar-refractivity contribution in [2.24, 2.45) is 0 Å². The van der Waals surface area contributed by atoms with Crippen LogP contribution in [0.2, 0.25) is 0 Å². The highest BCUT2D eigenvalue weighted by molar-refractivity contribution is 7.93. The molecule has 0 atom stereocenters. The second-order valence-corrected chi connectivity index (χ2v) is 10.4. The molecule has 7 nitrogen and oxygen atoms in total. The van der Waals surface area contributed by atoms with Gasteiger partial charge >= 0.3 is 0 Å². The second-order valence-electron chi connectivity index (χ2n) is 7.44. The maximum Gasteiger partial charge on any atom is 0.257 e. The number of rotatable bonds is 5. The number of amides is 1. The van der Waals surface area contributed by atoms with E-state index in [1.807, 2.05) is 12.1 Å². The molecule has 0 unspecified atom stereocenters. The predicted octanol–water partition coefficient (Wildman–Crippen LogP) is 4.12. The van der Waals surface area contributed by atoms with Crippen LogP contribution in [0.5, 0.6) is 0 Å². The molecule has 3 aromatic rings. The minimum Gasteiger partial charge on any atom is -0.296 e. The third-order valence-electron chi connectivity index (χ3n) is 4.97. The minimum absolute atomic E-state index is 0.134. The van der Waals surface area contributed by atoms with Gasteiger partial charge in [-0.25, -0.2) is 8.42 Å². The van der Waals surface area contributed by atoms with Gasteiger partial charge in [0.2, 0.25) is 15.2 Å². The average Bonchev–Trinajstić information content (AvgIpc) is 3.34. The molecule has 1 saturated heterocycles. The fraction of sp³-hybridized carbons (Fsp3) is 0.286. The van der Waals surface area contributed by atoms with E-state index in [1.165, 1.54) is 21.2 Å². The van der Waals surface area contributed by atoms with Gasteiger partial charge in [0.05, 0.1) is 11.4 Å². The van der Waals surface area contributed by atoms with E-state index in [0.717, 1.165) is 10.6 Å². The van der Waals surface area contributed by atoms with Crippen molar-refractivity contribution in [2.45, 2.75) is 26.2 Å². The summed E-state index contributed by atoms with van der Waals surface area (Å²) in [5.41, 5.74) is 3.06. The first-order valence-electron chi connectivity index (χ1n) is 9.69. The lowest BCUT2D eigenvalue weighted by Gasteiger charge is -2.17. The number of sulfonamides is 1. The Balaban J connectivity index is 1.49. The van der Waals surface area contributed by atoms with Gasteiger partial charge < -0.3 is 0 Å². The van der Waals surface area contributed by atoms with Gasteiger partial charge in [0.1, 0.15) is 5.01 Å². The summed E-state index contributed by atoms with van der Waals surface area (Å²) in [6, 6.07) is 14.8. The molecule has 0 bridgehead atoms.